The Bertz CT molecular complexity index is 806. The Kier molecular flexibility index (Phi) is 4.56. The highest BCUT2D eigenvalue weighted by Gasteiger charge is 2.34. The Balaban J connectivity index is 2.28. The van der Waals surface area contributed by atoms with E-state index in [-0.39, 0.29) is 6.03 Å². The van der Waals surface area contributed by atoms with Crippen LogP contribution in [0.2, 0.25) is 0 Å². The van der Waals surface area contributed by atoms with E-state index in [4.69, 9.17) is 18.9 Å². The molecule has 2 N–H and O–H groups in total. The number of hydrogen-bond acceptors (Lipinski definition) is 5. The van der Waals surface area contributed by atoms with Crippen molar-refractivity contribution in [3.05, 3.63) is 41.5 Å². The molecule has 25 heavy (non-hydrogen) atoms. The lowest BCUT2D eigenvalue weighted by Gasteiger charge is -2.31. The summed E-state index contributed by atoms with van der Waals surface area (Å²) in [6.07, 6.45) is 0. The Labute approximate surface area is 145 Å². The Hall–Kier alpha value is -3.09. The first-order chi connectivity index (χ1) is 12.1. The van der Waals surface area contributed by atoms with Crippen LogP contribution in [0.15, 0.2) is 30.3 Å². The molecule has 1 heterocycles. The van der Waals surface area contributed by atoms with Crippen molar-refractivity contribution in [1.82, 2.24) is 5.32 Å². The first-order valence-electron chi connectivity index (χ1n) is 7.67. The van der Waals surface area contributed by atoms with E-state index in [1.807, 2.05) is 24.3 Å². The third-order valence-electron chi connectivity index (χ3n) is 4.13. The predicted octanol–water partition coefficient (Wildman–Crippen LogP) is 2.95. The van der Waals surface area contributed by atoms with Crippen molar-refractivity contribution in [3.63, 3.8) is 0 Å². The molecule has 0 radical (unpaired) electrons. The average molecular weight is 344 g/mol. The molecule has 1 aliphatic rings. The fraction of sp³-hybridized carbons (Fsp3) is 0.278. The van der Waals surface area contributed by atoms with Gasteiger partial charge in [0.15, 0.2) is 11.5 Å². The van der Waals surface area contributed by atoms with Crippen molar-refractivity contribution in [2.24, 2.45) is 0 Å². The molecule has 7 nitrogen and oxygen atoms in total. The van der Waals surface area contributed by atoms with E-state index in [0.29, 0.717) is 28.7 Å². The van der Waals surface area contributed by atoms with Crippen LogP contribution in [0.3, 0.4) is 0 Å². The Morgan fingerprint density at radius 1 is 0.880 bits per heavy atom. The summed E-state index contributed by atoms with van der Waals surface area (Å²) < 4.78 is 21.9. The Morgan fingerprint density at radius 2 is 1.56 bits per heavy atom. The summed E-state index contributed by atoms with van der Waals surface area (Å²) in [5.41, 5.74) is 2.14. The molecule has 0 saturated carbocycles. The van der Waals surface area contributed by atoms with Gasteiger partial charge in [0.05, 0.1) is 40.2 Å². The second kappa shape index (κ2) is 6.80. The first kappa shape index (κ1) is 16.8. The zero-order valence-corrected chi connectivity index (χ0v) is 14.5. The molecule has 3 rings (SSSR count). The minimum Gasteiger partial charge on any atom is -0.496 e. The lowest BCUT2D eigenvalue weighted by atomic mass is 9.93. The summed E-state index contributed by atoms with van der Waals surface area (Å²) >= 11 is 0. The van der Waals surface area contributed by atoms with Crippen molar-refractivity contribution in [2.45, 2.75) is 6.04 Å². The number of anilines is 1. The number of methoxy groups -OCH3 is 4. The van der Waals surface area contributed by atoms with E-state index in [0.717, 1.165) is 11.1 Å². The summed E-state index contributed by atoms with van der Waals surface area (Å²) in [4.78, 5) is 12.2. The van der Waals surface area contributed by atoms with Gasteiger partial charge >= 0.3 is 6.03 Å². The lowest BCUT2D eigenvalue weighted by molar-refractivity contribution is 0.248. The van der Waals surface area contributed by atoms with Crippen molar-refractivity contribution in [3.8, 4) is 23.0 Å². The van der Waals surface area contributed by atoms with Crippen LogP contribution in [0.4, 0.5) is 10.5 Å². The molecule has 2 amide bonds. The number of carbonyl (C=O) groups excluding carboxylic acids is 1. The highest BCUT2D eigenvalue weighted by atomic mass is 16.5. The van der Waals surface area contributed by atoms with Crippen LogP contribution in [-0.2, 0) is 0 Å². The number of benzene rings is 2. The highest BCUT2D eigenvalue weighted by molar-refractivity contribution is 5.95. The van der Waals surface area contributed by atoms with Crippen molar-refractivity contribution >= 4 is 11.7 Å². The number of rotatable bonds is 5. The fourth-order valence-corrected chi connectivity index (χ4v) is 3.07. The molecule has 0 spiro atoms. The molecule has 0 aliphatic carbocycles. The zero-order valence-electron chi connectivity index (χ0n) is 14.5. The minimum absolute atomic E-state index is 0.322. The second-order valence-corrected chi connectivity index (χ2v) is 5.38. The van der Waals surface area contributed by atoms with Crippen LogP contribution in [0.5, 0.6) is 23.0 Å². The summed E-state index contributed by atoms with van der Waals surface area (Å²) in [6.45, 7) is 0. The Morgan fingerprint density at radius 3 is 2.20 bits per heavy atom. The normalized spacial score (nSPS) is 15.5. The van der Waals surface area contributed by atoms with Crippen molar-refractivity contribution in [1.29, 1.82) is 0 Å². The maximum Gasteiger partial charge on any atom is 0.320 e. The molecule has 0 saturated heterocycles. The third-order valence-corrected chi connectivity index (χ3v) is 4.13. The fourth-order valence-electron chi connectivity index (χ4n) is 3.07. The summed E-state index contributed by atoms with van der Waals surface area (Å²) in [7, 11) is 6.21. The van der Waals surface area contributed by atoms with Gasteiger partial charge < -0.3 is 29.6 Å². The molecule has 1 atom stereocenters. The number of ether oxygens (including phenoxy) is 4. The standard InChI is InChI=1S/C18H20N2O5/c1-22-12-8-6-5-7-10(12)15-14-11(19-18(21)20-15)9-13(23-2)16(24-3)17(14)25-4/h5-9,15H,1-4H3,(H2,19,20,21). The van der Waals surface area contributed by atoms with Crippen molar-refractivity contribution in [2.75, 3.05) is 33.8 Å². The van der Waals surface area contributed by atoms with Gasteiger partial charge in [-0.05, 0) is 6.07 Å². The molecule has 7 heteroatoms. The maximum absolute atomic E-state index is 12.2. The van der Waals surface area contributed by atoms with Crippen LogP contribution < -0.4 is 29.6 Å². The number of fused-ring (bicyclic) bond motifs is 1. The van der Waals surface area contributed by atoms with Gasteiger partial charge in [0, 0.05) is 17.2 Å². The van der Waals surface area contributed by atoms with Crippen LogP contribution in [-0.4, -0.2) is 34.5 Å². The molecular weight excluding hydrogens is 324 g/mol. The molecule has 2 aromatic rings. The molecule has 132 valence electrons. The lowest BCUT2D eigenvalue weighted by Crippen LogP contribution is -2.38. The van der Waals surface area contributed by atoms with Gasteiger partial charge in [-0.25, -0.2) is 4.79 Å². The SMILES string of the molecule is COc1ccccc1C1NC(=O)Nc2cc(OC)c(OC)c(OC)c21. The molecular formula is C18H20N2O5. The molecule has 1 unspecified atom stereocenters. The topological polar surface area (TPSA) is 78.1 Å². The highest BCUT2D eigenvalue weighted by Crippen LogP contribution is 2.49. The van der Waals surface area contributed by atoms with Gasteiger partial charge in [-0.2, -0.15) is 0 Å². The molecule has 2 aromatic carbocycles. The summed E-state index contributed by atoms with van der Waals surface area (Å²) in [5.74, 6) is 2.08. The number of amides is 2. The predicted molar refractivity (Wildman–Crippen MR) is 93.1 cm³/mol. The average Bonchev–Trinajstić information content (AvgIpc) is 2.65. The van der Waals surface area contributed by atoms with Gasteiger partial charge in [0.1, 0.15) is 5.75 Å². The van der Waals surface area contributed by atoms with Gasteiger partial charge in [0.2, 0.25) is 5.75 Å². The maximum atomic E-state index is 12.2. The quantitative estimate of drug-likeness (QED) is 0.872. The largest absolute Gasteiger partial charge is 0.496 e. The van der Waals surface area contributed by atoms with Gasteiger partial charge in [-0.1, -0.05) is 18.2 Å². The monoisotopic (exact) mass is 344 g/mol. The number of nitrogens with one attached hydrogen (secondary N) is 2. The van der Waals surface area contributed by atoms with E-state index in [2.05, 4.69) is 10.6 Å². The van der Waals surface area contributed by atoms with Crippen LogP contribution in [0.1, 0.15) is 17.2 Å². The van der Waals surface area contributed by atoms with E-state index >= 15 is 0 Å². The first-order valence-corrected chi connectivity index (χ1v) is 7.67. The summed E-state index contributed by atoms with van der Waals surface area (Å²) in [6, 6.07) is 8.44. The number of urea groups is 1. The second-order valence-electron chi connectivity index (χ2n) is 5.38. The molecule has 1 aliphatic heterocycles. The summed E-state index contributed by atoms with van der Waals surface area (Å²) in [5, 5.41) is 5.71. The van der Waals surface area contributed by atoms with Crippen LogP contribution >= 0.6 is 0 Å². The van der Waals surface area contributed by atoms with E-state index in [1.165, 1.54) is 7.11 Å². The van der Waals surface area contributed by atoms with Crippen LogP contribution in [0.25, 0.3) is 0 Å². The molecule has 0 fully saturated rings. The van der Waals surface area contributed by atoms with Gasteiger partial charge in [-0.3, -0.25) is 0 Å². The smallest absolute Gasteiger partial charge is 0.320 e. The number of para-hydroxylation sites is 1. The van der Waals surface area contributed by atoms with Gasteiger partial charge in [-0.15, -0.1) is 0 Å². The zero-order chi connectivity index (χ0) is 18.0. The molecule has 0 bridgehead atoms. The van der Waals surface area contributed by atoms with E-state index in [1.54, 1.807) is 27.4 Å². The third kappa shape index (κ3) is 2.77. The molecule has 0 aromatic heterocycles. The van der Waals surface area contributed by atoms with E-state index in [9.17, 15) is 4.79 Å². The number of carbonyl (C=O) groups is 1. The van der Waals surface area contributed by atoms with Crippen molar-refractivity contribution < 1.29 is 23.7 Å². The van der Waals surface area contributed by atoms with E-state index < -0.39 is 6.04 Å². The minimum atomic E-state index is -0.463. The van der Waals surface area contributed by atoms with Crippen LogP contribution in [0, 0.1) is 0 Å². The number of hydrogen-bond donors (Lipinski definition) is 2. The van der Waals surface area contributed by atoms with Gasteiger partial charge in [0.25, 0.3) is 0 Å².